The second-order valence-corrected chi connectivity index (χ2v) is 6.06. The quantitative estimate of drug-likeness (QED) is 0.297. The normalized spacial score (nSPS) is 10.8. The van der Waals surface area contributed by atoms with Crippen molar-refractivity contribution in [2.24, 2.45) is 0 Å². The summed E-state index contributed by atoms with van der Waals surface area (Å²) in [5, 5.41) is 3.58. The number of esters is 1. The van der Waals surface area contributed by atoms with Crippen LogP contribution in [-0.4, -0.2) is 18.4 Å². The molecule has 4 aromatic carbocycles. The number of carbonyl (C=O) groups excluding carboxylic acids is 2. The first kappa shape index (κ1) is 16.0. The van der Waals surface area contributed by atoms with Crippen LogP contribution in [0.2, 0.25) is 0 Å². The summed E-state index contributed by atoms with van der Waals surface area (Å²) in [5.74, 6) is -0.703. The second kappa shape index (κ2) is 6.81. The Bertz CT molecular complexity index is 1060. The van der Waals surface area contributed by atoms with Crippen molar-refractivity contribution in [3.05, 3.63) is 96.1 Å². The van der Waals surface area contributed by atoms with E-state index in [0.717, 1.165) is 21.5 Å². The standard InChI is InChI=1S/C23H16O3/c24-21(16-8-2-1-3-9-16)15-26-23(25)22-19-12-6-4-10-17(19)14-18-11-5-7-13-20(18)22/h1-14H,15H2. The number of ketones is 1. The third-order valence-electron chi connectivity index (χ3n) is 4.41. The number of hydrogen-bond acceptors (Lipinski definition) is 3. The second-order valence-electron chi connectivity index (χ2n) is 6.06. The summed E-state index contributed by atoms with van der Waals surface area (Å²) in [5.41, 5.74) is 1.03. The van der Waals surface area contributed by atoms with Gasteiger partial charge in [-0.15, -0.1) is 0 Å². The Labute approximate surface area is 150 Å². The summed E-state index contributed by atoms with van der Waals surface area (Å²) in [7, 11) is 0. The molecule has 0 amide bonds. The minimum Gasteiger partial charge on any atom is -0.454 e. The maximum Gasteiger partial charge on any atom is 0.339 e. The topological polar surface area (TPSA) is 43.4 Å². The van der Waals surface area contributed by atoms with Gasteiger partial charge in [0, 0.05) is 5.56 Å². The van der Waals surface area contributed by atoms with Gasteiger partial charge in [0.05, 0.1) is 5.56 Å². The van der Waals surface area contributed by atoms with E-state index in [1.807, 2.05) is 54.6 Å². The highest BCUT2D eigenvalue weighted by atomic mass is 16.5. The zero-order valence-electron chi connectivity index (χ0n) is 14.0. The van der Waals surface area contributed by atoms with Crippen LogP contribution < -0.4 is 0 Å². The lowest BCUT2D eigenvalue weighted by atomic mass is 9.97. The van der Waals surface area contributed by atoms with Crippen molar-refractivity contribution in [3.8, 4) is 0 Å². The maximum absolute atomic E-state index is 12.8. The SMILES string of the molecule is O=C(COC(=O)c1c2ccccc2cc2ccccc12)c1ccccc1. The molecule has 0 unspecified atom stereocenters. The van der Waals surface area contributed by atoms with Crippen molar-refractivity contribution in [2.45, 2.75) is 0 Å². The minimum absolute atomic E-state index is 0.219. The number of rotatable bonds is 4. The first-order valence-electron chi connectivity index (χ1n) is 8.40. The average molecular weight is 340 g/mol. The summed E-state index contributed by atoms with van der Waals surface area (Å²) in [6.45, 7) is -0.277. The Balaban J connectivity index is 1.70. The van der Waals surface area contributed by atoms with Gasteiger partial charge in [-0.25, -0.2) is 4.79 Å². The smallest absolute Gasteiger partial charge is 0.339 e. The van der Waals surface area contributed by atoms with Crippen molar-refractivity contribution < 1.29 is 14.3 Å². The van der Waals surface area contributed by atoms with Crippen molar-refractivity contribution in [3.63, 3.8) is 0 Å². The average Bonchev–Trinajstić information content (AvgIpc) is 2.70. The summed E-state index contributed by atoms with van der Waals surface area (Å²) < 4.78 is 5.37. The zero-order valence-corrected chi connectivity index (χ0v) is 14.0. The summed E-state index contributed by atoms with van der Waals surface area (Å²) in [4.78, 5) is 25.1. The number of hydrogen-bond donors (Lipinski definition) is 0. The van der Waals surface area contributed by atoms with Gasteiger partial charge in [0.1, 0.15) is 0 Å². The van der Waals surface area contributed by atoms with Crippen LogP contribution in [0.4, 0.5) is 0 Å². The van der Waals surface area contributed by atoms with Gasteiger partial charge < -0.3 is 4.74 Å². The molecule has 0 aliphatic heterocycles. The molecule has 0 heterocycles. The highest BCUT2D eigenvalue weighted by Crippen LogP contribution is 2.29. The predicted octanol–water partition coefficient (Wildman–Crippen LogP) is 5.03. The van der Waals surface area contributed by atoms with Crippen LogP contribution in [0.15, 0.2) is 84.9 Å². The molecule has 3 nitrogen and oxygen atoms in total. The number of benzene rings is 4. The fraction of sp³-hybridized carbons (Fsp3) is 0.0435. The Morgan fingerprint density at radius 1 is 0.692 bits per heavy atom. The zero-order chi connectivity index (χ0) is 17.9. The van der Waals surface area contributed by atoms with E-state index in [1.165, 1.54) is 0 Å². The van der Waals surface area contributed by atoms with Gasteiger partial charge in [-0.05, 0) is 27.6 Å². The van der Waals surface area contributed by atoms with Crippen LogP contribution in [0.25, 0.3) is 21.5 Å². The number of carbonyl (C=O) groups is 2. The summed E-state index contributed by atoms with van der Waals surface area (Å²) >= 11 is 0. The molecule has 0 atom stereocenters. The van der Waals surface area contributed by atoms with Gasteiger partial charge in [0.25, 0.3) is 0 Å². The van der Waals surface area contributed by atoms with Gasteiger partial charge >= 0.3 is 5.97 Å². The first-order valence-corrected chi connectivity index (χ1v) is 8.40. The van der Waals surface area contributed by atoms with Gasteiger partial charge in [-0.3, -0.25) is 4.79 Å². The molecule has 0 aromatic heterocycles. The molecule has 0 bridgehead atoms. The van der Waals surface area contributed by atoms with Gasteiger partial charge in [0.2, 0.25) is 0 Å². The molecule has 0 fully saturated rings. The minimum atomic E-state index is -0.484. The number of ether oxygens (including phenoxy) is 1. The van der Waals surface area contributed by atoms with Crippen molar-refractivity contribution in [1.82, 2.24) is 0 Å². The molecular formula is C23H16O3. The first-order chi connectivity index (χ1) is 12.7. The lowest BCUT2D eigenvalue weighted by Crippen LogP contribution is -2.14. The van der Waals surface area contributed by atoms with E-state index >= 15 is 0 Å². The highest BCUT2D eigenvalue weighted by Gasteiger charge is 2.17. The van der Waals surface area contributed by atoms with Gasteiger partial charge in [0.15, 0.2) is 12.4 Å². The monoisotopic (exact) mass is 340 g/mol. The Morgan fingerprint density at radius 3 is 1.85 bits per heavy atom. The van der Waals surface area contributed by atoms with E-state index in [4.69, 9.17) is 4.74 Å². The van der Waals surface area contributed by atoms with Crippen molar-refractivity contribution in [2.75, 3.05) is 6.61 Å². The van der Waals surface area contributed by atoms with Crippen molar-refractivity contribution >= 4 is 33.3 Å². The molecule has 0 saturated carbocycles. The predicted molar refractivity (Wildman–Crippen MR) is 103 cm³/mol. The molecule has 0 spiro atoms. The summed E-state index contributed by atoms with van der Waals surface area (Å²) in [6.07, 6.45) is 0. The van der Waals surface area contributed by atoms with E-state index in [2.05, 4.69) is 6.07 Å². The lowest BCUT2D eigenvalue weighted by Gasteiger charge is -2.11. The van der Waals surface area contributed by atoms with E-state index in [1.54, 1.807) is 24.3 Å². The van der Waals surface area contributed by atoms with Crippen LogP contribution in [-0.2, 0) is 4.74 Å². The molecule has 4 aromatic rings. The Morgan fingerprint density at radius 2 is 1.23 bits per heavy atom. The largest absolute Gasteiger partial charge is 0.454 e. The molecular weight excluding hydrogens is 324 g/mol. The van der Waals surface area contributed by atoms with Crippen molar-refractivity contribution in [1.29, 1.82) is 0 Å². The van der Waals surface area contributed by atoms with E-state index < -0.39 is 5.97 Å². The molecule has 0 aliphatic rings. The van der Waals surface area contributed by atoms with Gasteiger partial charge in [-0.1, -0.05) is 78.9 Å². The van der Waals surface area contributed by atoms with Crippen LogP contribution in [0.1, 0.15) is 20.7 Å². The number of Topliss-reactive ketones (excluding diaryl/α,β-unsaturated/α-hetero) is 1. The van der Waals surface area contributed by atoms with Crippen LogP contribution >= 0.6 is 0 Å². The van der Waals surface area contributed by atoms with E-state index in [-0.39, 0.29) is 12.4 Å². The third-order valence-corrected chi connectivity index (χ3v) is 4.41. The van der Waals surface area contributed by atoms with E-state index in [0.29, 0.717) is 11.1 Å². The maximum atomic E-state index is 12.8. The van der Waals surface area contributed by atoms with E-state index in [9.17, 15) is 9.59 Å². The molecule has 126 valence electrons. The molecule has 4 rings (SSSR count). The van der Waals surface area contributed by atoms with Crippen LogP contribution in [0.3, 0.4) is 0 Å². The molecule has 0 saturated heterocycles. The molecule has 0 aliphatic carbocycles. The number of fused-ring (bicyclic) bond motifs is 2. The van der Waals surface area contributed by atoms with Crippen LogP contribution in [0.5, 0.6) is 0 Å². The molecule has 26 heavy (non-hydrogen) atoms. The Kier molecular flexibility index (Phi) is 4.20. The Hall–Kier alpha value is -3.46. The van der Waals surface area contributed by atoms with Crippen LogP contribution in [0, 0.1) is 0 Å². The lowest BCUT2D eigenvalue weighted by molar-refractivity contribution is 0.0478. The molecule has 3 heteroatoms. The summed E-state index contributed by atoms with van der Waals surface area (Å²) in [6, 6.07) is 26.3. The van der Waals surface area contributed by atoms with Gasteiger partial charge in [-0.2, -0.15) is 0 Å². The molecule has 0 N–H and O–H groups in total. The third kappa shape index (κ3) is 2.95. The fourth-order valence-electron chi connectivity index (χ4n) is 3.14. The fourth-order valence-corrected chi connectivity index (χ4v) is 3.14. The highest BCUT2D eigenvalue weighted by molar-refractivity contribution is 6.16. The molecule has 0 radical (unpaired) electrons.